The van der Waals surface area contributed by atoms with E-state index in [2.05, 4.69) is 16.8 Å². The molecule has 0 spiro atoms. The van der Waals surface area contributed by atoms with Crippen LogP contribution in [0.4, 0.5) is 0 Å². The summed E-state index contributed by atoms with van der Waals surface area (Å²) < 4.78 is 0. The van der Waals surface area contributed by atoms with Gasteiger partial charge in [0.05, 0.1) is 0 Å². The number of aromatic nitrogens is 1. The lowest BCUT2D eigenvalue weighted by molar-refractivity contribution is 0.249. The predicted octanol–water partition coefficient (Wildman–Crippen LogP) is 1.71. The third kappa shape index (κ3) is 2.32. The van der Waals surface area contributed by atoms with Crippen LogP contribution in [0.2, 0.25) is 0 Å². The van der Waals surface area contributed by atoms with Gasteiger partial charge in [0, 0.05) is 18.8 Å². The van der Waals surface area contributed by atoms with Gasteiger partial charge in [-0.25, -0.2) is 0 Å². The van der Waals surface area contributed by atoms with Crippen molar-refractivity contribution in [2.45, 2.75) is 39.7 Å². The molecule has 0 saturated carbocycles. The number of fused-ring (bicyclic) bond motifs is 1. The summed E-state index contributed by atoms with van der Waals surface area (Å²) in [5.74, 6) is 0. The predicted molar refractivity (Wildman–Crippen MR) is 70.4 cm³/mol. The molecule has 0 fully saturated rings. The summed E-state index contributed by atoms with van der Waals surface area (Å²) in [6, 6.07) is 2.05. The number of aromatic amines is 1. The van der Waals surface area contributed by atoms with E-state index in [4.69, 9.17) is 5.26 Å². The van der Waals surface area contributed by atoms with Crippen molar-refractivity contribution in [3.8, 4) is 6.07 Å². The molecule has 1 aromatic heterocycles. The molecule has 1 aromatic rings. The highest BCUT2D eigenvalue weighted by Gasteiger charge is 2.22. The molecule has 0 radical (unpaired) electrons. The molecule has 0 aliphatic carbocycles. The Bertz CT molecular complexity index is 539. The minimum Gasteiger partial charge on any atom is -0.325 e. The van der Waals surface area contributed by atoms with Crippen LogP contribution in [-0.4, -0.2) is 23.0 Å². The number of H-pyrrole nitrogens is 1. The second kappa shape index (κ2) is 5.36. The molecule has 1 aliphatic heterocycles. The van der Waals surface area contributed by atoms with Gasteiger partial charge in [0.2, 0.25) is 0 Å². The molecule has 2 heterocycles. The van der Waals surface area contributed by atoms with E-state index >= 15 is 0 Å². The van der Waals surface area contributed by atoms with Crippen LogP contribution in [0.1, 0.15) is 42.1 Å². The Labute approximate surface area is 107 Å². The maximum absolute atomic E-state index is 11.7. The maximum Gasteiger partial charge on any atom is 0.266 e. The second-order valence-electron chi connectivity index (χ2n) is 4.90. The molecule has 0 saturated heterocycles. The van der Waals surface area contributed by atoms with Crippen molar-refractivity contribution in [3.63, 3.8) is 0 Å². The Hall–Kier alpha value is -1.60. The molecule has 96 valence electrons. The van der Waals surface area contributed by atoms with E-state index in [1.54, 1.807) is 0 Å². The highest BCUT2D eigenvalue weighted by Crippen LogP contribution is 2.22. The molecule has 4 heteroatoms. The molecule has 1 N–H and O–H groups in total. The van der Waals surface area contributed by atoms with Crippen LogP contribution in [-0.2, 0) is 13.0 Å². The topological polar surface area (TPSA) is 59.9 Å². The molecule has 0 unspecified atom stereocenters. The first-order valence-electron chi connectivity index (χ1n) is 6.54. The summed E-state index contributed by atoms with van der Waals surface area (Å²) in [5, 5.41) is 9.09. The number of nitriles is 1. The number of aryl methyl sites for hydroxylation is 1. The van der Waals surface area contributed by atoms with E-state index in [1.165, 1.54) is 12.8 Å². The van der Waals surface area contributed by atoms with Crippen LogP contribution in [0.15, 0.2) is 4.79 Å². The van der Waals surface area contributed by atoms with Crippen LogP contribution < -0.4 is 5.56 Å². The monoisotopic (exact) mass is 245 g/mol. The van der Waals surface area contributed by atoms with Crippen molar-refractivity contribution >= 4 is 0 Å². The molecule has 18 heavy (non-hydrogen) atoms. The number of hydrogen-bond donors (Lipinski definition) is 1. The van der Waals surface area contributed by atoms with Gasteiger partial charge in [-0.3, -0.25) is 9.69 Å². The van der Waals surface area contributed by atoms with Crippen LogP contribution in [0.3, 0.4) is 0 Å². The van der Waals surface area contributed by atoms with E-state index in [1.807, 2.05) is 13.0 Å². The highest BCUT2D eigenvalue weighted by molar-refractivity contribution is 5.44. The highest BCUT2D eigenvalue weighted by atomic mass is 16.1. The van der Waals surface area contributed by atoms with E-state index in [-0.39, 0.29) is 5.56 Å². The van der Waals surface area contributed by atoms with Gasteiger partial charge >= 0.3 is 0 Å². The summed E-state index contributed by atoms with van der Waals surface area (Å²) in [4.78, 5) is 16.9. The number of hydrogen-bond acceptors (Lipinski definition) is 3. The molecular formula is C14H19N3O. The number of nitrogens with one attached hydrogen (secondary N) is 1. The first kappa shape index (κ1) is 12.8. The lowest BCUT2D eigenvalue weighted by Gasteiger charge is -2.29. The summed E-state index contributed by atoms with van der Waals surface area (Å²) in [5.41, 5.74) is 3.09. The van der Waals surface area contributed by atoms with E-state index in [0.29, 0.717) is 5.56 Å². The van der Waals surface area contributed by atoms with Crippen molar-refractivity contribution < 1.29 is 0 Å². The molecule has 1 aliphatic rings. The number of unbranched alkanes of at least 4 members (excludes halogenated alkanes) is 1. The van der Waals surface area contributed by atoms with Gasteiger partial charge in [-0.15, -0.1) is 0 Å². The van der Waals surface area contributed by atoms with Crippen LogP contribution in [0, 0.1) is 18.3 Å². The molecule has 0 amide bonds. The zero-order chi connectivity index (χ0) is 13.1. The Morgan fingerprint density at radius 2 is 2.22 bits per heavy atom. The van der Waals surface area contributed by atoms with Crippen LogP contribution in [0.25, 0.3) is 0 Å². The normalized spacial score (nSPS) is 15.2. The molecule has 0 atom stereocenters. The molecular weight excluding hydrogens is 226 g/mol. The lowest BCUT2D eigenvalue weighted by atomic mass is 9.95. The number of nitrogens with zero attached hydrogens (tertiary/aromatic N) is 2. The Balaban J connectivity index is 2.33. The third-order valence-corrected chi connectivity index (χ3v) is 3.65. The minimum absolute atomic E-state index is 0.240. The standard InChI is InChI=1S/C14H19N3O/c1-3-4-6-17-7-5-11-12(8-15)14(18)16-10(2)13(11)9-17/h3-7,9H2,1-2H3,(H,16,18). The average molecular weight is 245 g/mol. The average Bonchev–Trinajstić information content (AvgIpc) is 2.37. The minimum atomic E-state index is -0.240. The number of rotatable bonds is 3. The van der Waals surface area contributed by atoms with Crippen molar-refractivity contribution in [1.82, 2.24) is 9.88 Å². The third-order valence-electron chi connectivity index (χ3n) is 3.65. The summed E-state index contributed by atoms with van der Waals surface area (Å²) in [6.45, 7) is 7.01. The van der Waals surface area contributed by atoms with Crippen molar-refractivity contribution in [2.24, 2.45) is 0 Å². The van der Waals surface area contributed by atoms with Gasteiger partial charge < -0.3 is 4.98 Å². The molecule has 4 nitrogen and oxygen atoms in total. The van der Waals surface area contributed by atoms with Gasteiger partial charge in [0.1, 0.15) is 11.6 Å². The van der Waals surface area contributed by atoms with Crippen LogP contribution >= 0.6 is 0 Å². The molecule has 0 aromatic carbocycles. The summed E-state index contributed by atoms with van der Waals surface area (Å²) in [6.07, 6.45) is 3.20. The van der Waals surface area contributed by atoms with Crippen molar-refractivity contribution in [2.75, 3.05) is 13.1 Å². The Kier molecular flexibility index (Phi) is 3.83. The smallest absolute Gasteiger partial charge is 0.266 e. The van der Waals surface area contributed by atoms with Crippen molar-refractivity contribution in [3.05, 3.63) is 32.7 Å². The quantitative estimate of drug-likeness (QED) is 0.882. The zero-order valence-corrected chi connectivity index (χ0v) is 11.0. The van der Waals surface area contributed by atoms with Gasteiger partial charge in [0.25, 0.3) is 5.56 Å². The first-order chi connectivity index (χ1) is 8.67. The van der Waals surface area contributed by atoms with Gasteiger partial charge in [-0.05, 0) is 37.4 Å². The largest absolute Gasteiger partial charge is 0.325 e. The molecule has 0 bridgehead atoms. The van der Waals surface area contributed by atoms with Crippen LogP contribution in [0.5, 0.6) is 0 Å². The number of pyridine rings is 1. The van der Waals surface area contributed by atoms with Gasteiger partial charge in [-0.2, -0.15) is 5.26 Å². The lowest BCUT2D eigenvalue weighted by Crippen LogP contribution is -2.34. The SMILES string of the molecule is CCCCN1CCc2c(c(C)[nH]c(=O)c2C#N)C1. The first-order valence-corrected chi connectivity index (χ1v) is 6.54. The van der Waals surface area contributed by atoms with E-state index < -0.39 is 0 Å². The second-order valence-corrected chi connectivity index (χ2v) is 4.90. The fourth-order valence-electron chi connectivity index (χ4n) is 2.58. The zero-order valence-electron chi connectivity index (χ0n) is 11.0. The fraction of sp³-hybridized carbons (Fsp3) is 0.571. The summed E-state index contributed by atoms with van der Waals surface area (Å²) >= 11 is 0. The van der Waals surface area contributed by atoms with Gasteiger partial charge in [-0.1, -0.05) is 13.3 Å². The maximum atomic E-state index is 11.7. The fourth-order valence-corrected chi connectivity index (χ4v) is 2.58. The van der Waals surface area contributed by atoms with E-state index in [0.717, 1.165) is 42.9 Å². The Morgan fingerprint density at radius 1 is 1.44 bits per heavy atom. The van der Waals surface area contributed by atoms with E-state index in [9.17, 15) is 4.79 Å². The Morgan fingerprint density at radius 3 is 2.89 bits per heavy atom. The summed E-state index contributed by atoms with van der Waals surface area (Å²) in [7, 11) is 0. The van der Waals surface area contributed by atoms with Crippen molar-refractivity contribution in [1.29, 1.82) is 5.26 Å². The van der Waals surface area contributed by atoms with Gasteiger partial charge in [0.15, 0.2) is 0 Å². The molecule has 2 rings (SSSR count).